The van der Waals surface area contributed by atoms with E-state index in [4.69, 9.17) is 25.8 Å². The van der Waals surface area contributed by atoms with Crippen LogP contribution in [0.25, 0.3) is 0 Å². The SMILES string of the molecule is C[C@H](OC(=O)c1cc([N+](=O)[O-])ccc1Cl)C(=O)NCc1ccc2c(c1)OCO2. The number of non-ortho nitro benzene ring substituents is 1. The van der Waals surface area contributed by atoms with Crippen molar-refractivity contribution in [3.05, 3.63) is 62.7 Å². The van der Waals surface area contributed by atoms with Gasteiger partial charge in [0, 0.05) is 18.7 Å². The third kappa shape index (κ3) is 4.32. The second-order valence-corrected chi connectivity index (χ2v) is 6.28. The molecule has 0 fully saturated rings. The van der Waals surface area contributed by atoms with Crippen LogP contribution in [0.3, 0.4) is 0 Å². The number of fused-ring (bicyclic) bond motifs is 1. The zero-order valence-corrected chi connectivity index (χ0v) is 15.4. The molecule has 0 spiro atoms. The minimum absolute atomic E-state index is 0.0106. The number of amides is 1. The van der Waals surface area contributed by atoms with E-state index in [9.17, 15) is 19.7 Å². The molecule has 3 rings (SSSR count). The number of benzene rings is 2. The van der Waals surface area contributed by atoms with Crippen molar-refractivity contribution in [3.8, 4) is 11.5 Å². The van der Waals surface area contributed by atoms with Crippen molar-refractivity contribution in [2.75, 3.05) is 6.79 Å². The molecule has 1 heterocycles. The van der Waals surface area contributed by atoms with Crippen LogP contribution in [0.1, 0.15) is 22.8 Å². The van der Waals surface area contributed by atoms with Gasteiger partial charge < -0.3 is 19.5 Å². The Kier molecular flexibility index (Phi) is 5.65. The minimum Gasteiger partial charge on any atom is -0.454 e. The van der Waals surface area contributed by atoms with Crippen LogP contribution >= 0.6 is 11.6 Å². The molecule has 28 heavy (non-hydrogen) atoms. The maximum atomic E-state index is 12.2. The number of halogens is 1. The first-order valence-electron chi connectivity index (χ1n) is 8.16. The number of esters is 1. The van der Waals surface area contributed by atoms with Crippen molar-refractivity contribution in [3.63, 3.8) is 0 Å². The van der Waals surface area contributed by atoms with Crippen molar-refractivity contribution in [1.29, 1.82) is 0 Å². The van der Waals surface area contributed by atoms with E-state index in [2.05, 4.69) is 5.32 Å². The topological polar surface area (TPSA) is 117 Å². The Hall–Kier alpha value is -3.33. The zero-order valence-electron chi connectivity index (χ0n) is 14.6. The van der Waals surface area contributed by atoms with Gasteiger partial charge in [-0.1, -0.05) is 17.7 Å². The molecule has 1 N–H and O–H groups in total. The van der Waals surface area contributed by atoms with Gasteiger partial charge in [-0.25, -0.2) is 4.79 Å². The molecule has 2 aromatic carbocycles. The van der Waals surface area contributed by atoms with Crippen molar-refractivity contribution in [1.82, 2.24) is 5.32 Å². The number of carbonyl (C=O) groups is 2. The summed E-state index contributed by atoms with van der Waals surface area (Å²) in [5.74, 6) is -0.246. The highest BCUT2D eigenvalue weighted by atomic mass is 35.5. The number of rotatable bonds is 6. The summed E-state index contributed by atoms with van der Waals surface area (Å²) in [6.07, 6.45) is -1.13. The molecule has 2 aromatic rings. The lowest BCUT2D eigenvalue weighted by Gasteiger charge is -2.14. The summed E-state index contributed by atoms with van der Waals surface area (Å²) in [5.41, 5.74) is 0.278. The molecule has 9 nitrogen and oxygen atoms in total. The fourth-order valence-corrected chi connectivity index (χ4v) is 2.64. The molecule has 0 aliphatic carbocycles. The van der Waals surface area contributed by atoms with E-state index < -0.39 is 22.9 Å². The van der Waals surface area contributed by atoms with E-state index in [1.807, 2.05) is 0 Å². The third-order valence-electron chi connectivity index (χ3n) is 3.94. The molecule has 1 amide bonds. The van der Waals surface area contributed by atoms with Crippen LogP contribution in [0.15, 0.2) is 36.4 Å². The van der Waals surface area contributed by atoms with Crippen molar-refractivity contribution < 1.29 is 28.7 Å². The minimum atomic E-state index is -1.13. The molecule has 0 aromatic heterocycles. The third-order valence-corrected chi connectivity index (χ3v) is 4.27. The fraction of sp³-hybridized carbons (Fsp3) is 0.222. The van der Waals surface area contributed by atoms with Gasteiger partial charge in [0.15, 0.2) is 17.6 Å². The Labute approximate surface area is 164 Å². The Morgan fingerprint density at radius 2 is 2.00 bits per heavy atom. The van der Waals surface area contributed by atoms with Gasteiger partial charge in [-0.05, 0) is 30.7 Å². The summed E-state index contributed by atoms with van der Waals surface area (Å²) in [6.45, 7) is 1.73. The number of carbonyl (C=O) groups excluding carboxylic acids is 2. The van der Waals surface area contributed by atoms with E-state index in [0.29, 0.717) is 11.5 Å². The Bertz CT molecular complexity index is 948. The summed E-state index contributed by atoms with van der Waals surface area (Å²) in [4.78, 5) is 34.6. The number of nitro groups is 1. The van der Waals surface area contributed by atoms with E-state index in [0.717, 1.165) is 11.6 Å². The summed E-state index contributed by atoms with van der Waals surface area (Å²) in [5, 5.41) is 13.5. The van der Waals surface area contributed by atoms with E-state index in [-0.39, 0.29) is 29.6 Å². The predicted octanol–water partition coefficient (Wildman–Crippen LogP) is 2.84. The lowest BCUT2D eigenvalue weighted by atomic mass is 10.2. The second kappa shape index (κ2) is 8.13. The summed E-state index contributed by atoms with van der Waals surface area (Å²) in [7, 11) is 0. The summed E-state index contributed by atoms with van der Waals surface area (Å²) < 4.78 is 15.6. The average molecular weight is 407 g/mol. The van der Waals surface area contributed by atoms with Crippen LogP contribution in [-0.2, 0) is 16.1 Å². The van der Waals surface area contributed by atoms with Crippen LogP contribution in [0.2, 0.25) is 5.02 Å². The zero-order chi connectivity index (χ0) is 20.3. The highest BCUT2D eigenvalue weighted by molar-refractivity contribution is 6.33. The molecule has 1 aliphatic rings. The monoisotopic (exact) mass is 406 g/mol. The van der Waals surface area contributed by atoms with Gasteiger partial charge in [0.2, 0.25) is 6.79 Å². The highest BCUT2D eigenvalue weighted by Gasteiger charge is 2.23. The maximum absolute atomic E-state index is 12.2. The Morgan fingerprint density at radius 3 is 2.75 bits per heavy atom. The molecule has 0 saturated carbocycles. The molecule has 146 valence electrons. The molecule has 0 unspecified atom stereocenters. The quantitative estimate of drug-likeness (QED) is 0.445. The van der Waals surface area contributed by atoms with Gasteiger partial charge in [0.1, 0.15) is 0 Å². The van der Waals surface area contributed by atoms with Gasteiger partial charge in [-0.3, -0.25) is 14.9 Å². The number of hydrogen-bond acceptors (Lipinski definition) is 7. The molecular formula is C18H15ClN2O7. The van der Waals surface area contributed by atoms with Crippen LogP contribution in [0, 0.1) is 10.1 Å². The molecule has 1 aliphatic heterocycles. The fourth-order valence-electron chi connectivity index (χ4n) is 2.44. The number of nitrogens with zero attached hydrogens (tertiary/aromatic N) is 1. The van der Waals surface area contributed by atoms with Crippen molar-refractivity contribution in [2.45, 2.75) is 19.6 Å². The predicted molar refractivity (Wildman–Crippen MR) is 97.4 cm³/mol. The summed E-state index contributed by atoms with van der Waals surface area (Å²) >= 11 is 5.90. The second-order valence-electron chi connectivity index (χ2n) is 5.87. The van der Waals surface area contributed by atoms with E-state index in [1.165, 1.54) is 19.1 Å². The lowest BCUT2D eigenvalue weighted by Crippen LogP contribution is -2.35. The standard InChI is InChI=1S/C18H15ClN2O7/c1-10(28-18(23)13-7-12(21(24)25)3-4-14(13)19)17(22)20-8-11-2-5-15-16(6-11)27-9-26-15/h2-7,10H,8-9H2,1H3,(H,20,22)/t10-/m0/s1. The van der Waals surface area contributed by atoms with Crippen molar-refractivity contribution in [2.24, 2.45) is 0 Å². The van der Waals surface area contributed by atoms with E-state index in [1.54, 1.807) is 18.2 Å². The van der Waals surface area contributed by atoms with Gasteiger partial charge in [0.25, 0.3) is 11.6 Å². The Balaban J connectivity index is 1.59. The number of nitrogens with one attached hydrogen (secondary N) is 1. The van der Waals surface area contributed by atoms with Gasteiger partial charge >= 0.3 is 5.97 Å². The molecular weight excluding hydrogens is 392 g/mol. The number of hydrogen-bond donors (Lipinski definition) is 1. The number of ether oxygens (including phenoxy) is 3. The molecule has 0 saturated heterocycles. The Morgan fingerprint density at radius 1 is 1.25 bits per heavy atom. The smallest absolute Gasteiger partial charge is 0.340 e. The first-order chi connectivity index (χ1) is 13.3. The number of nitro benzene ring substituents is 1. The van der Waals surface area contributed by atoms with Crippen LogP contribution in [0.4, 0.5) is 5.69 Å². The largest absolute Gasteiger partial charge is 0.454 e. The van der Waals surface area contributed by atoms with Gasteiger partial charge in [-0.15, -0.1) is 0 Å². The van der Waals surface area contributed by atoms with Crippen LogP contribution in [-0.4, -0.2) is 29.7 Å². The molecule has 1 atom stereocenters. The maximum Gasteiger partial charge on any atom is 0.340 e. The average Bonchev–Trinajstić information content (AvgIpc) is 3.13. The lowest BCUT2D eigenvalue weighted by molar-refractivity contribution is -0.384. The molecule has 0 radical (unpaired) electrons. The van der Waals surface area contributed by atoms with Crippen molar-refractivity contribution >= 4 is 29.2 Å². The van der Waals surface area contributed by atoms with Crippen LogP contribution < -0.4 is 14.8 Å². The normalized spacial score (nSPS) is 12.9. The van der Waals surface area contributed by atoms with E-state index >= 15 is 0 Å². The first-order valence-corrected chi connectivity index (χ1v) is 8.54. The van der Waals surface area contributed by atoms with Gasteiger partial charge in [0.05, 0.1) is 15.5 Å². The summed E-state index contributed by atoms with van der Waals surface area (Å²) in [6, 6.07) is 8.64. The van der Waals surface area contributed by atoms with Gasteiger partial charge in [-0.2, -0.15) is 0 Å². The van der Waals surface area contributed by atoms with Crippen LogP contribution in [0.5, 0.6) is 11.5 Å². The highest BCUT2D eigenvalue weighted by Crippen LogP contribution is 2.32. The molecule has 0 bridgehead atoms. The molecule has 10 heteroatoms. The first kappa shape index (κ1) is 19.4.